The molecule has 0 radical (unpaired) electrons. The van der Waals surface area contributed by atoms with E-state index < -0.39 is 0 Å². The van der Waals surface area contributed by atoms with Crippen molar-refractivity contribution in [3.63, 3.8) is 0 Å². The van der Waals surface area contributed by atoms with Gasteiger partial charge in [0.25, 0.3) is 0 Å². The van der Waals surface area contributed by atoms with Crippen molar-refractivity contribution in [2.45, 2.75) is 6.92 Å². The third kappa shape index (κ3) is 1.95. The van der Waals surface area contributed by atoms with Crippen LogP contribution in [-0.4, -0.2) is 12.1 Å². The van der Waals surface area contributed by atoms with Gasteiger partial charge in [0.1, 0.15) is 17.6 Å². The molecule has 0 amide bonds. The van der Waals surface area contributed by atoms with E-state index in [1.165, 1.54) is 6.26 Å². The molecule has 0 aliphatic heterocycles. The van der Waals surface area contributed by atoms with Gasteiger partial charge in [-0.3, -0.25) is 9.78 Å². The van der Waals surface area contributed by atoms with Gasteiger partial charge < -0.3 is 9.15 Å². The summed E-state index contributed by atoms with van der Waals surface area (Å²) < 4.78 is 10.8. The highest BCUT2D eigenvalue weighted by atomic mass is 16.5. The topological polar surface area (TPSA) is 52.3 Å². The maximum Gasteiger partial charge on any atom is 0.202 e. The van der Waals surface area contributed by atoms with E-state index in [0.717, 1.165) is 5.56 Å². The lowest BCUT2D eigenvalue weighted by atomic mass is 10.1. The summed E-state index contributed by atoms with van der Waals surface area (Å²) in [5, 5.41) is 0.534. The Labute approximate surface area is 115 Å². The van der Waals surface area contributed by atoms with Gasteiger partial charge in [0.2, 0.25) is 5.43 Å². The van der Waals surface area contributed by atoms with E-state index in [1.54, 1.807) is 37.6 Å². The molecule has 20 heavy (non-hydrogen) atoms. The average molecular weight is 267 g/mol. The van der Waals surface area contributed by atoms with E-state index in [2.05, 4.69) is 4.98 Å². The highest BCUT2D eigenvalue weighted by Crippen LogP contribution is 2.25. The molecule has 4 nitrogen and oxygen atoms in total. The molecule has 2 aromatic heterocycles. The molecule has 0 atom stereocenters. The summed E-state index contributed by atoms with van der Waals surface area (Å²) in [5.74, 6) is 0.700. The van der Waals surface area contributed by atoms with E-state index in [0.29, 0.717) is 28.0 Å². The van der Waals surface area contributed by atoms with Crippen LogP contribution < -0.4 is 10.2 Å². The van der Waals surface area contributed by atoms with E-state index in [9.17, 15) is 4.79 Å². The molecule has 3 rings (SSSR count). The van der Waals surface area contributed by atoms with Crippen molar-refractivity contribution < 1.29 is 9.15 Å². The Hall–Kier alpha value is -2.62. The molecule has 0 aliphatic rings. The summed E-state index contributed by atoms with van der Waals surface area (Å²) >= 11 is 0. The SMILES string of the molecule is COc1cc2occ(-c3ccccn3)c(=O)c2cc1C. The summed E-state index contributed by atoms with van der Waals surface area (Å²) in [6.45, 7) is 1.89. The minimum absolute atomic E-state index is 0.0873. The van der Waals surface area contributed by atoms with Crippen molar-refractivity contribution in [1.82, 2.24) is 4.98 Å². The van der Waals surface area contributed by atoms with Crippen LogP contribution in [0.25, 0.3) is 22.2 Å². The molecular weight excluding hydrogens is 254 g/mol. The van der Waals surface area contributed by atoms with Crippen molar-refractivity contribution in [3.05, 3.63) is 58.6 Å². The number of nitrogens with zero attached hydrogens (tertiary/aromatic N) is 1. The fourth-order valence-electron chi connectivity index (χ4n) is 2.18. The standard InChI is InChI=1S/C16H13NO3/c1-10-7-11-15(8-14(10)19-2)20-9-12(16(11)18)13-5-3-4-6-17-13/h3-9H,1-2H3. The van der Waals surface area contributed by atoms with Crippen LogP contribution in [0.3, 0.4) is 0 Å². The van der Waals surface area contributed by atoms with Gasteiger partial charge in [-0.25, -0.2) is 0 Å². The zero-order valence-corrected chi connectivity index (χ0v) is 11.2. The predicted molar refractivity (Wildman–Crippen MR) is 77.0 cm³/mol. The number of methoxy groups -OCH3 is 1. The van der Waals surface area contributed by atoms with Gasteiger partial charge in [0.05, 0.1) is 23.8 Å². The van der Waals surface area contributed by atoms with Gasteiger partial charge >= 0.3 is 0 Å². The first-order valence-electron chi connectivity index (χ1n) is 6.22. The number of hydrogen-bond acceptors (Lipinski definition) is 4. The lowest BCUT2D eigenvalue weighted by Gasteiger charge is -2.07. The third-order valence-corrected chi connectivity index (χ3v) is 3.23. The van der Waals surface area contributed by atoms with Gasteiger partial charge in [-0.05, 0) is 30.7 Å². The van der Waals surface area contributed by atoms with Gasteiger partial charge in [-0.1, -0.05) is 6.07 Å². The van der Waals surface area contributed by atoms with E-state index in [4.69, 9.17) is 9.15 Å². The van der Waals surface area contributed by atoms with Crippen molar-refractivity contribution in [2.24, 2.45) is 0 Å². The molecule has 3 aromatic rings. The summed E-state index contributed by atoms with van der Waals surface area (Å²) in [6, 6.07) is 8.95. The maximum atomic E-state index is 12.5. The van der Waals surface area contributed by atoms with E-state index in [-0.39, 0.29) is 5.43 Å². The van der Waals surface area contributed by atoms with Crippen LogP contribution >= 0.6 is 0 Å². The second-order valence-corrected chi connectivity index (χ2v) is 4.51. The van der Waals surface area contributed by atoms with Crippen LogP contribution in [0.5, 0.6) is 5.75 Å². The predicted octanol–water partition coefficient (Wildman–Crippen LogP) is 3.17. The second-order valence-electron chi connectivity index (χ2n) is 4.51. The largest absolute Gasteiger partial charge is 0.496 e. The molecule has 0 unspecified atom stereocenters. The number of pyridine rings is 1. The highest BCUT2D eigenvalue weighted by Gasteiger charge is 2.12. The smallest absolute Gasteiger partial charge is 0.202 e. The Morgan fingerprint density at radius 1 is 1.25 bits per heavy atom. The Bertz CT molecular complexity index is 822. The lowest BCUT2D eigenvalue weighted by molar-refractivity contribution is 0.411. The van der Waals surface area contributed by atoms with Crippen LogP contribution in [0.4, 0.5) is 0 Å². The molecule has 100 valence electrons. The fraction of sp³-hybridized carbons (Fsp3) is 0.125. The summed E-state index contributed by atoms with van der Waals surface area (Å²) in [4.78, 5) is 16.7. The van der Waals surface area contributed by atoms with E-state index >= 15 is 0 Å². The fourth-order valence-corrected chi connectivity index (χ4v) is 2.18. The van der Waals surface area contributed by atoms with Gasteiger partial charge in [0, 0.05) is 12.3 Å². The lowest BCUT2D eigenvalue weighted by Crippen LogP contribution is -2.06. The highest BCUT2D eigenvalue weighted by molar-refractivity contribution is 5.83. The van der Waals surface area contributed by atoms with Gasteiger partial charge in [-0.15, -0.1) is 0 Å². The summed E-state index contributed by atoms with van der Waals surface area (Å²) in [7, 11) is 1.59. The van der Waals surface area contributed by atoms with Crippen molar-refractivity contribution in [2.75, 3.05) is 7.11 Å². The molecular formula is C16H13NO3. The van der Waals surface area contributed by atoms with Crippen LogP contribution in [0.15, 0.2) is 52.0 Å². The third-order valence-electron chi connectivity index (χ3n) is 3.23. The zero-order valence-electron chi connectivity index (χ0n) is 11.2. The first kappa shape index (κ1) is 12.4. The number of aryl methyl sites for hydroxylation is 1. The monoisotopic (exact) mass is 267 g/mol. The molecule has 0 saturated carbocycles. The van der Waals surface area contributed by atoms with E-state index in [1.807, 2.05) is 13.0 Å². The quantitative estimate of drug-likeness (QED) is 0.715. The van der Waals surface area contributed by atoms with Crippen molar-refractivity contribution in [1.29, 1.82) is 0 Å². The normalized spacial score (nSPS) is 10.7. The Balaban J connectivity index is 2.29. The van der Waals surface area contributed by atoms with Crippen LogP contribution in [0, 0.1) is 6.92 Å². The second kappa shape index (κ2) is 4.81. The Morgan fingerprint density at radius 2 is 2.10 bits per heavy atom. The number of rotatable bonds is 2. The number of ether oxygens (including phenoxy) is 1. The van der Waals surface area contributed by atoms with Crippen molar-refractivity contribution >= 4 is 11.0 Å². The minimum atomic E-state index is -0.0873. The molecule has 0 spiro atoms. The number of fused-ring (bicyclic) bond motifs is 1. The molecule has 2 heterocycles. The molecule has 4 heteroatoms. The minimum Gasteiger partial charge on any atom is -0.496 e. The Morgan fingerprint density at radius 3 is 2.80 bits per heavy atom. The Kier molecular flexibility index (Phi) is 2.99. The van der Waals surface area contributed by atoms with Crippen LogP contribution in [0.1, 0.15) is 5.56 Å². The molecule has 0 aliphatic carbocycles. The zero-order chi connectivity index (χ0) is 14.1. The molecule has 0 N–H and O–H groups in total. The molecule has 0 fully saturated rings. The molecule has 0 saturated heterocycles. The number of aromatic nitrogens is 1. The van der Waals surface area contributed by atoms with Crippen molar-refractivity contribution in [3.8, 4) is 17.0 Å². The molecule has 1 aromatic carbocycles. The maximum absolute atomic E-state index is 12.5. The first-order chi connectivity index (χ1) is 9.70. The van der Waals surface area contributed by atoms with Gasteiger partial charge in [0.15, 0.2) is 0 Å². The first-order valence-corrected chi connectivity index (χ1v) is 6.22. The molecule has 0 bridgehead atoms. The van der Waals surface area contributed by atoms with Gasteiger partial charge in [-0.2, -0.15) is 0 Å². The average Bonchev–Trinajstić information content (AvgIpc) is 2.48. The summed E-state index contributed by atoms with van der Waals surface area (Å²) in [6.07, 6.45) is 3.10. The number of benzene rings is 1. The summed E-state index contributed by atoms with van der Waals surface area (Å²) in [5.41, 5.74) is 2.39. The van der Waals surface area contributed by atoms with Crippen LogP contribution in [0.2, 0.25) is 0 Å². The number of hydrogen-bond donors (Lipinski definition) is 0. The van der Waals surface area contributed by atoms with Crippen LogP contribution in [-0.2, 0) is 0 Å².